The quantitative estimate of drug-likeness (QED) is 0.365. The molecule has 1 amide bonds. The molecule has 3 aromatic rings. The first-order valence-corrected chi connectivity index (χ1v) is 12.7. The Hall–Kier alpha value is -2.35. The number of thiazole rings is 1. The third-order valence-electron chi connectivity index (χ3n) is 5.61. The van der Waals surface area contributed by atoms with Gasteiger partial charge in [0.15, 0.2) is 5.17 Å². The van der Waals surface area contributed by atoms with Crippen molar-refractivity contribution < 1.29 is 9.21 Å². The van der Waals surface area contributed by atoms with E-state index in [1.807, 2.05) is 53.6 Å². The molecular formula is C24H22ClN3O2S2. The monoisotopic (exact) mass is 483 g/mol. The Morgan fingerprint density at radius 2 is 2.00 bits per heavy atom. The fraction of sp³-hybridized carbons (Fsp3) is 0.292. The number of carbonyl (C=O) groups excluding carboxylic acids is 1. The summed E-state index contributed by atoms with van der Waals surface area (Å²) in [6, 6.07) is 11.5. The molecule has 8 heteroatoms. The summed E-state index contributed by atoms with van der Waals surface area (Å²) < 4.78 is 6.00. The largest absolute Gasteiger partial charge is 0.457 e. The van der Waals surface area contributed by atoms with Crippen molar-refractivity contribution in [3.8, 4) is 11.3 Å². The first-order chi connectivity index (χ1) is 15.6. The van der Waals surface area contributed by atoms with E-state index >= 15 is 0 Å². The number of aliphatic imine (C=N–C) groups is 1. The van der Waals surface area contributed by atoms with Gasteiger partial charge in [-0.3, -0.25) is 9.69 Å². The number of rotatable bonds is 4. The second-order valence-electron chi connectivity index (χ2n) is 7.93. The third-order valence-corrected chi connectivity index (χ3v) is 7.78. The van der Waals surface area contributed by atoms with Crippen molar-refractivity contribution in [2.75, 3.05) is 0 Å². The maximum absolute atomic E-state index is 13.4. The molecule has 2 aromatic heterocycles. The molecule has 5 nitrogen and oxygen atoms in total. The molecule has 0 bridgehead atoms. The summed E-state index contributed by atoms with van der Waals surface area (Å²) in [7, 11) is 0. The molecule has 0 spiro atoms. The zero-order chi connectivity index (χ0) is 22.1. The summed E-state index contributed by atoms with van der Waals surface area (Å²) in [5.41, 5.74) is 1.76. The fourth-order valence-electron chi connectivity index (χ4n) is 4.07. The highest BCUT2D eigenvalue weighted by atomic mass is 35.5. The lowest BCUT2D eigenvalue weighted by molar-refractivity contribution is -0.124. The van der Waals surface area contributed by atoms with Crippen molar-refractivity contribution in [1.82, 2.24) is 9.88 Å². The number of carbonyl (C=O) groups is 1. The van der Waals surface area contributed by atoms with Gasteiger partial charge in [0.1, 0.15) is 11.5 Å². The zero-order valence-corrected chi connectivity index (χ0v) is 20.0. The van der Waals surface area contributed by atoms with Crippen LogP contribution in [0.15, 0.2) is 56.1 Å². The van der Waals surface area contributed by atoms with Crippen LogP contribution in [0.5, 0.6) is 0 Å². The SMILES string of the molecule is Cc1csc(/N=C2/S/C(=C/c3ccc(-c4ccccc4Cl)o3)C(=O)N2C2CCCCC2)n1. The van der Waals surface area contributed by atoms with Gasteiger partial charge in [-0.1, -0.05) is 43.0 Å². The molecule has 164 valence electrons. The van der Waals surface area contributed by atoms with E-state index in [1.165, 1.54) is 29.5 Å². The lowest BCUT2D eigenvalue weighted by Crippen LogP contribution is -2.40. The minimum atomic E-state index is -0.00961. The standard InChI is InChI=1S/C24H22ClN3O2S2/c1-15-14-31-23(26-15)27-24-28(16-7-3-2-4-8-16)22(29)21(32-24)13-17-11-12-20(30-17)18-9-5-6-10-19(18)25/h5-6,9-14,16H,2-4,7-8H2,1H3/b21-13+,27-24+. The van der Waals surface area contributed by atoms with Gasteiger partial charge >= 0.3 is 0 Å². The zero-order valence-electron chi connectivity index (χ0n) is 17.6. The molecule has 32 heavy (non-hydrogen) atoms. The highest BCUT2D eigenvalue weighted by molar-refractivity contribution is 8.18. The fourth-order valence-corrected chi connectivity index (χ4v) is 6.04. The van der Waals surface area contributed by atoms with Crippen LogP contribution in [-0.4, -0.2) is 27.0 Å². The number of nitrogens with zero attached hydrogens (tertiary/aromatic N) is 3. The molecule has 2 aliphatic rings. The topological polar surface area (TPSA) is 58.7 Å². The van der Waals surface area contributed by atoms with Gasteiger partial charge in [-0.2, -0.15) is 4.99 Å². The summed E-state index contributed by atoms with van der Waals surface area (Å²) in [5, 5.41) is 3.99. The Morgan fingerprint density at radius 3 is 2.75 bits per heavy atom. The predicted molar refractivity (Wildman–Crippen MR) is 132 cm³/mol. The first kappa shape index (κ1) is 21.5. The van der Waals surface area contributed by atoms with Crippen LogP contribution in [0.25, 0.3) is 17.4 Å². The molecule has 0 radical (unpaired) electrons. The lowest BCUT2D eigenvalue weighted by atomic mass is 9.94. The summed E-state index contributed by atoms with van der Waals surface area (Å²) >= 11 is 9.19. The van der Waals surface area contributed by atoms with Crippen molar-refractivity contribution >= 4 is 57.0 Å². The third kappa shape index (κ3) is 4.42. The van der Waals surface area contributed by atoms with Crippen LogP contribution >= 0.6 is 34.7 Å². The number of amides is 1. The highest BCUT2D eigenvalue weighted by Gasteiger charge is 2.39. The maximum Gasteiger partial charge on any atom is 0.267 e. The average molecular weight is 484 g/mol. The van der Waals surface area contributed by atoms with Crippen molar-refractivity contribution in [2.24, 2.45) is 4.99 Å². The van der Waals surface area contributed by atoms with Crippen LogP contribution in [-0.2, 0) is 4.79 Å². The summed E-state index contributed by atoms with van der Waals surface area (Å²) in [5.74, 6) is 1.28. The van der Waals surface area contributed by atoms with Gasteiger partial charge in [-0.25, -0.2) is 4.98 Å². The Balaban J connectivity index is 1.46. The molecule has 0 unspecified atom stereocenters. The molecule has 0 atom stereocenters. The van der Waals surface area contributed by atoms with E-state index in [0.29, 0.717) is 31.7 Å². The summed E-state index contributed by atoms with van der Waals surface area (Å²) in [4.78, 5) is 25.1. The molecule has 1 aliphatic heterocycles. The van der Waals surface area contributed by atoms with E-state index in [4.69, 9.17) is 21.0 Å². The van der Waals surface area contributed by atoms with Gasteiger partial charge in [0, 0.05) is 23.1 Å². The van der Waals surface area contributed by atoms with Crippen molar-refractivity contribution in [2.45, 2.75) is 45.1 Å². The van der Waals surface area contributed by atoms with E-state index in [1.54, 1.807) is 6.08 Å². The minimum Gasteiger partial charge on any atom is -0.457 e. The lowest BCUT2D eigenvalue weighted by Gasteiger charge is -2.30. The van der Waals surface area contributed by atoms with Gasteiger partial charge in [0.25, 0.3) is 5.91 Å². The number of hydrogen-bond donors (Lipinski definition) is 0. The second kappa shape index (κ2) is 9.25. The number of aromatic nitrogens is 1. The van der Waals surface area contributed by atoms with Crippen molar-refractivity contribution in [1.29, 1.82) is 0 Å². The minimum absolute atomic E-state index is 0.00961. The number of benzene rings is 1. The average Bonchev–Trinajstić information content (AvgIpc) is 3.50. The van der Waals surface area contributed by atoms with Crippen LogP contribution in [0.2, 0.25) is 5.02 Å². The normalized spacial score (nSPS) is 20.1. The molecular weight excluding hydrogens is 462 g/mol. The van der Waals surface area contributed by atoms with Crippen molar-refractivity contribution in [3.63, 3.8) is 0 Å². The molecule has 3 heterocycles. The summed E-state index contributed by atoms with van der Waals surface area (Å²) in [6.07, 6.45) is 7.32. The number of halogens is 1. The number of furan rings is 1. The second-order valence-corrected chi connectivity index (χ2v) is 10.2. The molecule has 2 fully saturated rings. The van der Waals surface area contributed by atoms with E-state index in [-0.39, 0.29) is 11.9 Å². The van der Waals surface area contributed by atoms with E-state index in [9.17, 15) is 4.79 Å². The van der Waals surface area contributed by atoms with Crippen LogP contribution in [0, 0.1) is 6.92 Å². The van der Waals surface area contributed by atoms with E-state index in [2.05, 4.69) is 4.98 Å². The molecule has 1 saturated carbocycles. The van der Waals surface area contributed by atoms with Gasteiger partial charge < -0.3 is 4.42 Å². The molecule has 1 aromatic carbocycles. The Morgan fingerprint density at radius 1 is 1.19 bits per heavy atom. The smallest absolute Gasteiger partial charge is 0.267 e. The number of thioether (sulfide) groups is 1. The van der Waals surface area contributed by atoms with Crippen LogP contribution in [0.4, 0.5) is 5.13 Å². The highest BCUT2D eigenvalue weighted by Crippen LogP contribution is 2.39. The van der Waals surface area contributed by atoms with Crippen LogP contribution in [0.1, 0.15) is 43.6 Å². The maximum atomic E-state index is 13.4. The van der Waals surface area contributed by atoms with Gasteiger partial charge in [0.2, 0.25) is 5.13 Å². The Bertz CT molecular complexity index is 1210. The van der Waals surface area contributed by atoms with E-state index < -0.39 is 0 Å². The number of aryl methyl sites for hydroxylation is 1. The Labute approximate surface area is 200 Å². The molecule has 0 N–H and O–H groups in total. The number of amidine groups is 1. The first-order valence-electron chi connectivity index (χ1n) is 10.7. The molecule has 1 saturated heterocycles. The van der Waals surface area contributed by atoms with Crippen LogP contribution < -0.4 is 0 Å². The molecule has 1 aliphatic carbocycles. The molecule has 5 rings (SSSR count). The predicted octanol–water partition coefficient (Wildman–Crippen LogP) is 7.30. The van der Waals surface area contributed by atoms with E-state index in [0.717, 1.165) is 36.9 Å². The van der Waals surface area contributed by atoms with Crippen molar-refractivity contribution in [3.05, 3.63) is 63.2 Å². The van der Waals surface area contributed by atoms with Gasteiger partial charge in [-0.05, 0) is 55.8 Å². The van der Waals surface area contributed by atoms with Crippen LogP contribution in [0.3, 0.4) is 0 Å². The summed E-state index contributed by atoms with van der Waals surface area (Å²) in [6.45, 7) is 1.95. The Kier molecular flexibility index (Phi) is 6.22. The van der Waals surface area contributed by atoms with Gasteiger partial charge in [0.05, 0.1) is 15.6 Å². The van der Waals surface area contributed by atoms with Gasteiger partial charge in [-0.15, -0.1) is 11.3 Å². The number of hydrogen-bond acceptors (Lipinski definition) is 6.